The van der Waals surface area contributed by atoms with E-state index in [4.69, 9.17) is 4.74 Å². The molecule has 1 aromatic carbocycles. The van der Waals surface area contributed by atoms with Gasteiger partial charge in [-0.3, -0.25) is 4.79 Å². The molecule has 0 saturated carbocycles. The summed E-state index contributed by atoms with van der Waals surface area (Å²) in [6, 6.07) is 7.67. The molecule has 4 nitrogen and oxygen atoms in total. The van der Waals surface area contributed by atoms with Crippen molar-refractivity contribution in [3.63, 3.8) is 0 Å². The van der Waals surface area contributed by atoms with Crippen molar-refractivity contribution >= 4 is 11.9 Å². The molecule has 0 bridgehead atoms. The lowest BCUT2D eigenvalue weighted by atomic mass is 9.70. The van der Waals surface area contributed by atoms with Crippen molar-refractivity contribution in [1.29, 1.82) is 0 Å². The van der Waals surface area contributed by atoms with E-state index in [0.717, 1.165) is 31.2 Å². The highest BCUT2D eigenvalue weighted by molar-refractivity contribution is 5.92. The van der Waals surface area contributed by atoms with Crippen LogP contribution >= 0.6 is 0 Å². The van der Waals surface area contributed by atoms with E-state index in [0.29, 0.717) is 13.0 Å². The van der Waals surface area contributed by atoms with E-state index in [-0.39, 0.29) is 11.9 Å². The number of hydrogen-bond donors (Lipinski definition) is 1. The van der Waals surface area contributed by atoms with Gasteiger partial charge >= 0.3 is 5.97 Å². The number of benzene rings is 1. The fourth-order valence-corrected chi connectivity index (χ4v) is 3.85. The Morgan fingerprint density at radius 3 is 3.00 bits per heavy atom. The average Bonchev–Trinajstić information content (AvgIpc) is 2.70. The van der Waals surface area contributed by atoms with Crippen LogP contribution in [0.1, 0.15) is 43.7 Å². The number of aryl methyl sites for hydroxylation is 1. The molecule has 2 atom stereocenters. The average molecular weight is 287 g/mol. The summed E-state index contributed by atoms with van der Waals surface area (Å²) in [5.74, 6) is -0.357. The summed E-state index contributed by atoms with van der Waals surface area (Å²) in [4.78, 5) is 24.4. The van der Waals surface area contributed by atoms with E-state index in [1.54, 1.807) is 6.92 Å². The monoisotopic (exact) mass is 287 g/mol. The van der Waals surface area contributed by atoms with Crippen LogP contribution in [0.25, 0.3) is 0 Å². The fourth-order valence-electron chi connectivity index (χ4n) is 3.85. The Morgan fingerprint density at radius 2 is 2.19 bits per heavy atom. The summed E-state index contributed by atoms with van der Waals surface area (Å²) in [5, 5.41) is 2.85. The van der Waals surface area contributed by atoms with Crippen LogP contribution in [-0.4, -0.2) is 24.5 Å². The Labute approximate surface area is 124 Å². The second kappa shape index (κ2) is 5.51. The van der Waals surface area contributed by atoms with E-state index in [1.807, 2.05) is 12.1 Å². The van der Waals surface area contributed by atoms with E-state index >= 15 is 0 Å². The van der Waals surface area contributed by atoms with Gasteiger partial charge in [0.05, 0.1) is 6.61 Å². The SMILES string of the molecule is CCOC(=O)C1NC(=O)CC12CCCCc1ccccc12. The second-order valence-electron chi connectivity index (χ2n) is 5.95. The summed E-state index contributed by atoms with van der Waals surface area (Å²) in [6.07, 6.45) is 4.38. The first-order chi connectivity index (χ1) is 10.2. The molecule has 1 heterocycles. The molecule has 3 rings (SSSR count). The predicted octanol–water partition coefficient (Wildman–Crippen LogP) is 2.10. The van der Waals surface area contributed by atoms with Crippen LogP contribution < -0.4 is 5.32 Å². The third kappa shape index (κ3) is 2.33. The van der Waals surface area contributed by atoms with Crippen molar-refractivity contribution in [3.8, 4) is 0 Å². The zero-order valence-corrected chi connectivity index (χ0v) is 12.4. The second-order valence-corrected chi connectivity index (χ2v) is 5.95. The van der Waals surface area contributed by atoms with Gasteiger partial charge in [-0.25, -0.2) is 4.79 Å². The molecule has 1 aliphatic carbocycles. The maximum absolute atomic E-state index is 12.3. The largest absolute Gasteiger partial charge is 0.464 e. The number of hydrogen-bond acceptors (Lipinski definition) is 3. The standard InChI is InChI=1S/C17H21NO3/c1-2-21-16(20)15-17(11-14(19)18-15)10-6-5-8-12-7-3-4-9-13(12)17/h3-4,7,9,15H,2,5-6,8,10-11H2,1H3,(H,18,19). The van der Waals surface area contributed by atoms with Gasteiger partial charge in [0.25, 0.3) is 0 Å². The van der Waals surface area contributed by atoms with Gasteiger partial charge < -0.3 is 10.1 Å². The van der Waals surface area contributed by atoms with Gasteiger partial charge in [-0.1, -0.05) is 30.7 Å². The lowest BCUT2D eigenvalue weighted by Crippen LogP contribution is -2.47. The van der Waals surface area contributed by atoms with Crippen molar-refractivity contribution in [2.75, 3.05) is 6.61 Å². The Hall–Kier alpha value is -1.84. The number of rotatable bonds is 2. The minimum Gasteiger partial charge on any atom is -0.464 e. The molecule has 2 unspecified atom stereocenters. The van der Waals surface area contributed by atoms with E-state index < -0.39 is 11.5 Å². The maximum Gasteiger partial charge on any atom is 0.329 e. The molecule has 21 heavy (non-hydrogen) atoms. The molecule has 1 saturated heterocycles. The number of ether oxygens (including phenoxy) is 1. The van der Waals surface area contributed by atoms with E-state index in [9.17, 15) is 9.59 Å². The number of fused-ring (bicyclic) bond motifs is 2. The molecular weight excluding hydrogens is 266 g/mol. The van der Waals surface area contributed by atoms with Crippen LogP contribution in [0.15, 0.2) is 24.3 Å². The lowest BCUT2D eigenvalue weighted by molar-refractivity contribution is -0.147. The van der Waals surface area contributed by atoms with Crippen molar-refractivity contribution in [1.82, 2.24) is 5.32 Å². The number of amides is 1. The Bertz CT molecular complexity index is 569. The van der Waals surface area contributed by atoms with Crippen molar-refractivity contribution in [2.24, 2.45) is 0 Å². The number of carbonyl (C=O) groups is 2. The zero-order valence-electron chi connectivity index (χ0n) is 12.4. The predicted molar refractivity (Wildman–Crippen MR) is 78.9 cm³/mol. The van der Waals surface area contributed by atoms with Crippen LogP contribution in [0.2, 0.25) is 0 Å². The molecule has 1 spiro atoms. The molecule has 0 radical (unpaired) electrons. The first-order valence-electron chi connectivity index (χ1n) is 7.72. The van der Waals surface area contributed by atoms with Crippen LogP contribution in [0.4, 0.5) is 0 Å². The molecular formula is C17H21NO3. The van der Waals surface area contributed by atoms with Gasteiger partial charge in [0.2, 0.25) is 5.91 Å². The number of esters is 1. The molecule has 0 aromatic heterocycles. The molecule has 1 aromatic rings. The molecule has 1 aliphatic heterocycles. The first-order valence-corrected chi connectivity index (χ1v) is 7.72. The highest BCUT2D eigenvalue weighted by Gasteiger charge is 2.53. The van der Waals surface area contributed by atoms with Gasteiger partial charge in [-0.2, -0.15) is 0 Å². The quantitative estimate of drug-likeness (QED) is 0.848. The fraction of sp³-hybridized carbons (Fsp3) is 0.529. The minimum atomic E-state index is -0.552. The minimum absolute atomic E-state index is 0.0512. The summed E-state index contributed by atoms with van der Waals surface area (Å²) in [7, 11) is 0. The highest BCUT2D eigenvalue weighted by atomic mass is 16.5. The topological polar surface area (TPSA) is 55.4 Å². The Balaban J connectivity index is 2.08. The van der Waals surface area contributed by atoms with Gasteiger partial charge in [0.15, 0.2) is 0 Å². The molecule has 1 amide bonds. The highest BCUT2D eigenvalue weighted by Crippen LogP contribution is 2.44. The van der Waals surface area contributed by atoms with Crippen LogP contribution in [0, 0.1) is 0 Å². The zero-order chi connectivity index (χ0) is 14.9. The Morgan fingerprint density at radius 1 is 1.38 bits per heavy atom. The number of nitrogens with one attached hydrogen (secondary N) is 1. The molecule has 4 heteroatoms. The summed E-state index contributed by atoms with van der Waals surface area (Å²) >= 11 is 0. The van der Waals surface area contributed by atoms with Crippen molar-refractivity contribution in [2.45, 2.75) is 50.5 Å². The molecule has 1 N–H and O–H groups in total. The van der Waals surface area contributed by atoms with Crippen molar-refractivity contribution < 1.29 is 14.3 Å². The smallest absolute Gasteiger partial charge is 0.329 e. The summed E-state index contributed by atoms with van der Waals surface area (Å²) < 4.78 is 5.20. The van der Waals surface area contributed by atoms with E-state index in [1.165, 1.54) is 5.56 Å². The maximum atomic E-state index is 12.3. The van der Waals surface area contributed by atoms with Gasteiger partial charge in [0.1, 0.15) is 6.04 Å². The summed E-state index contributed by atoms with van der Waals surface area (Å²) in [6.45, 7) is 2.13. The van der Waals surface area contributed by atoms with Crippen molar-refractivity contribution in [3.05, 3.63) is 35.4 Å². The van der Waals surface area contributed by atoms with Crippen LogP contribution in [0.5, 0.6) is 0 Å². The molecule has 1 fully saturated rings. The van der Waals surface area contributed by atoms with E-state index in [2.05, 4.69) is 17.4 Å². The van der Waals surface area contributed by atoms with Crippen LogP contribution in [0.3, 0.4) is 0 Å². The third-order valence-corrected chi connectivity index (χ3v) is 4.73. The summed E-state index contributed by atoms with van der Waals surface area (Å²) in [5.41, 5.74) is 1.98. The first kappa shape index (κ1) is 14.1. The Kier molecular flexibility index (Phi) is 3.70. The van der Waals surface area contributed by atoms with Gasteiger partial charge in [-0.15, -0.1) is 0 Å². The lowest BCUT2D eigenvalue weighted by Gasteiger charge is -2.33. The molecule has 2 aliphatic rings. The normalized spacial score (nSPS) is 27.9. The van der Waals surface area contributed by atoms with Gasteiger partial charge in [-0.05, 0) is 37.3 Å². The molecule has 112 valence electrons. The van der Waals surface area contributed by atoms with Crippen LogP contribution in [-0.2, 0) is 26.2 Å². The van der Waals surface area contributed by atoms with Gasteiger partial charge in [0, 0.05) is 11.8 Å². The number of carbonyl (C=O) groups excluding carboxylic acids is 2. The third-order valence-electron chi connectivity index (χ3n) is 4.73.